The summed E-state index contributed by atoms with van der Waals surface area (Å²) in [5.74, 6) is -2.06. The number of carbonyl (C=O) groups excluding carboxylic acids is 1. The minimum atomic E-state index is -4.83. The summed E-state index contributed by atoms with van der Waals surface area (Å²) in [4.78, 5) is 11.9. The van der Waals surface area contributed by atoms with Crippen LogP contribution in [0, 0.1) is 5.82 Å². The molecule has 1 amide bonds. The maximum Gasteiger partial charge on any atom is 0.419 e. The highest BCUT2D eigenvalue weighted by Crippen LogP contribution is 2.33. The molecular weight excluding hydrogens is 276 g/mol. The molecule has 0 spiro atoms. The predicted octanol–water partition coefficient (Wildman–Crippen LogP) is 2.46. The van der Waals surface area contributed by atoms with E-state index in [9.17, 15) is 22.4 Å². The van der Waals surface area contributed by atoms with Crippen LogP contribution in [0.5, 0.6) is 0 Å². The molecule has 0 aromatic heterocycles. The maximum absolute atomic E-state index is 13.1. The van der Waals surface area contributed by atoms with E-state index in [1.165, 1.54) is 0 Å². The van der Waals surface area contributed by atoms with Crippen molar-refractivity contribution >= 4 is 5.91 Å². The van der Waals surface area contributed by atoms with Crippen LogP contribution in [0.3, 0.4) is 0 Å². The Morgan fingerprint density at radius 2 is 2.00 bits per heavy atom. The molecule has 0 radical (unpaired) electrons. The summed E-state index contributed by atoms with van der Waals surface area (Å²) in [5.41, 5.74) is 3.36. The van der Waals surface area contributed by atoms with Gasteiger partial charge in [0.25, 0.3) is 5.91 Å². The number of nitrogens with two attached hydrogens (primary N) is 1. The Kier molecular flexibility index (Phi) is 3.73. The molecule has 0 atom stereocenters. The normalized spacial score (nSPS) is 17.4. The van der Waals surface area contributed by atoms with Crippen LogP contribution in [-0.4, -0.2) is 18.0 Å². The van der Waals surface area contributed by atoms with Crippen LogP contribution in [0.2, 0.25) is 0 Å². The highest BCUT2D eigenvalue weighted by molar-refractivity contribution is 5.95. The quantitative estimate of drug-likeness (QED) is 0.840. The van der Waals surface area contributed by atoms with E-state index in [1.807, 2.05) is 0 Å². The first-order valence-electron chi connectivity index (χ1n) is 6.17. The van der Waals surface area contributed by atoms with E-state index in [4.69, 9.17) is 5.73 Å². The first-order valence-corrected chi connectivity index (χ1v) is 6.17. The summed E-state index contributed by atoms with van der Waals surface area (Å²) in [6.07, 6.45) is -2.53. The van der Waals surface area contributed by atoms with Crippen LogP contribution in [0.4, 0.5) is 17.6 Å². The number of amides is 1. The average Bonchev–Trinajstić information content (AvgIpc) is 2.32. The number of nitrogens with one attached hydrogen (secondary N) is 1. The fourth-order valence-electron chi connectivity index (χ4n) is 2.18. The zero-order valence-corrected chi connectivity index (χ0v) is 10.6. The number of carbonyl (C=O) groups is 1. The van der Waals surface area contributed by atoms with Crippen LogP contribution in [-0.2, 0) is 6.18 Å². The van der Waals surface area contributed by atoms with Gasteiger partial charge in [-0.25, -0.2) is 4.39 Å². The monoisotopic (exact) mass is 290 g/mol. The molecule has 0 bridgehead atoms. The van der Waals surface area contributed by atoms with Crippen LogP contribution >= 0.6 is 0 Å². The van der Waals surface area contributed by atoms with Gasteiger partial charge in [0.15, 0.2) is 0 Å². The lowest BCUT2D eigenvalue weighted by atomic mass is 9.76. The van der Waals surface area contributed by atoms with Gasteiger partial charge in [-0.1, -0.05) is 0 Å². The highest BCUT2D eigenvalue weighted by Gasteiger charge is 2.38. The van der Waals surface area contributed by atoms with Gasteiger partial charge in [0.1, 0.15) is 5.82 Å². The minimum Gasteiger partial charge on any atom is -0.345 e. The van der Waals surface area contributed by atoms with Crippen LogP contribution in [0.15, 0.2) is 18.2 Å². The molecule has 3 N–H and O–H groups in total. The van der Waals surface area contributed by atoms with E-state index in [0.29, 0.717) is 25.0 Å². The topological polar surface area (TPSA) is 55.1 Å². The third-order valence-electron chi connectivity index (χ3n) is 3.61. The number of hydrogen-bond acceptors (Lipinski definition) is 2. The van der Waals surface area contributed by atoms with Crippen molar-refractivity contribution in [3.63, 3.8) is 0 Å². The van der Waals surface area contributed by atoms with E-state index >= 15 is 0 Å². The number of halogens is 4. The maximum atomic E-state index is 13.1. The summed E-state index contributed by atoms with van der Waals surface area (Å²) in [6.45, 7) is 0.228. The third-order valence-corrected chi connectivity index (χ3v) is 3.61. The summed E-state index contributed by atoms with van der Waals surface area (Å²) in [5, 5.41) is 2.64. The number of benzene rings is 1. The lowest BCUT2D eigenvalue weighted by Gasteiger charge is -2.41. The fourth-order valence-corrected chi connectivity index (χ4v) is 2.18. The van der Waals surface area contributed by atoms with Gasteiger partial charge in [-0.3, -0.25) is 4.79 Å². The standard InChI is InChI=1S/C13H14F4N2O/c14-10-3-2-8(6-9(10)13(15,16)17)11(20)19-12(7-18)4-1-5-12/h2-3,6H,1,4-5,7,18H2,(H,19,20). The van der Waals surface area contributed by atoms with E-state index in [1.54, 1.807) is 0 Å². The zero-order chi connectivity index (χ0) is 15.0. The molecule has 0 aliphatic heterocycles. The molecule has 1 fully saturated rings. The first kappa shape index (κ1) is 14.8. The zero-order valence-electron chi connectivity index (χ0n) is 10.6. The lowest BCUT2D eigenvalue weighted by molar-refractivity contribution is -0.140. The molecular formula is C13H14F4N2O. The summed E-state index contributed by atoms with van der Waals surface area (Å²) in [6, 6.07) is 2.20. The Morgan fingerprint density at radius 3 is 2.45 bits per heavy atom. The molecule has 3 nitrogen and oxygen atoms in total. The molecule has 20 heavy (non-hydrogen) atoms. The second kappa shape index (κ2) is 5.05. The van der Waals surface area contributed by atoms with E-state index in [0.717, 1.165) is 12.5 Å². The van der Waals surface area contributed by atoms with Crippen molar-refractivity contribution in [2.45, 2.75) is 31.0 Å². The van der Waals surface area contributed by atoms with E-state index < -0.39 is 29.0 Å². The van der Waals surface area contributed by atoms with Crippen molar-refractivity contribution in [3.8, 4) is 0 Å². The molecule has 1 aliphatic rings. The second-order valence-corrected chi connectivity index (χ2v) is 4.98. The first-order chi connectivity index (χ1) is 9.27. The van der Waals surface area contributed by atoms with Crippen LogP contribution < -0.4 is 11.1 Å². The Morgan fingerprint density at radius 1 is 1.35 bits per heavy atom. The Bertz CT molecular complexity index is 518. The minimum absolute atomic E-state index is 0.224. The molecule has 1 saturated carbocycles. The molecule has 2 rings (SSSR count). The molecule has 0 saturated heterocycles. The average molecular weight is 290 g/mol. The van der Waals surface area contributed by atoms with Gasteiger partial charge in [0.05, 0.1) is 11.1 Å². The van der Waals surface area contributed by atoms with Gasteiger partial charge in [0.2, 0.25) is 0 Å². The molecule has 7 heteroatoms. The van der Waals surface area contributed by atoms with Crippen molar-refractivity contribution in [3.05, 3.63) is 35.1 Å². The predicted molar refractivity (Wildman–Crippen MR) is 64.5 cm³/mol. The smallest absolute Gasteiger partial charge is 0.345 e. The van der Waals surface area contributed by atoms with Gasteiger partial charge < -0.3 is 11.1 Å². The van der Waals surface area contributed by atoms with Crippen molar-refractivity contribution in [1.29, 1.82) is 0 Å². The number of hydrogen-bond donors (Lipinski definition) is 2. The van der Waals surface area contributed by atoms with Gasteiger partial charge in [0, 0.05) is 12.1 Å². The molecule has 1 aromatic rings. The third kappa shape index (κ3) is 2.77. The van der Waals surface area contributed by atoms with Gasteiger partial charge >= 0.3 is 6.18 Å². The van der Waals surface area contributed by atoms with E-state index in [2.05, 4.69) is 5.32 Å². The molecule has 0 unspecified atom stereocenters. The summed E-state index contributed by atoms with van der Waals surface area (Å²) >= 11 is 0. The van der Waals surface area contributed by atoms with E-state index in [-0.39, 0.29) is 12.1 Å². The largest absolute Gasteiger partial charge is 0.419 e. The van der Waals surface area contributed by atoms with Crippen molar-refractivity contribution < 1.29 is 22.4 Å². The number of alkyl halides is 3. The van der Waals surface area contributed by atoms with Gasteiger partial charge in [-0.2, -0.15) is 13.2 Å². The van der Waals surface area contributed by atoms with Crippen LogP contribution in [0.25, 0.3) is 0 Å². The highest BCUT2D eigenvalue weighted by atomic mass is 19.4. The Balaban J connectivity index is 2.23. The molecule has 1 aromatic carbocycles. The van der Waals surface area contributed by atoms with Crippen molar-refractivity contribution in [1.82, 2.24) is 5.32 Å². The number of rotatable bonds is 3. The Labute approximate surface area is 113 Å². The Hall–Kier alpha value is -1.63. The molecule has 0 heterocycles. The van der Waals surface area contributed by atoms with Crippen molar-refractivity contribution in [2.75, 3.05) is 6.54 Å². The second-order valence-electron chi connectivity index (χ2n) is 4.98. The van der Waals surface area contributed by atoms with Gasteiger partial charge in [-0.15, -0.1) is 0 Å². The van der Waals surface area contributed by atoms with Crippen LogP contribution in [0.1, 0.15) is 35.2 Å². The summed E-state index contributed by atoms with van der Waals surface area (Å²) in [7, 11) is 0. The molecule has 1 aliphatic carbocycles. The SMILES string of the molecule is NCC1(NC(=O)c2ccc(F)c(C(F)(F)F)c2)CCC1. The van der Waals surface area contributed by atoms with Crippen molar-refractivity contribution in [2.24, 2.45) is 5.73 Å². The lowest BCUT2D eigenvalue weighted by Crippen LogP contribution is -2.58. The van der Waals surface area contributed by atoms with Gasteiger partial charge in [-0.05, 0) is 37.5 Å². The fraction of sp³-hybridized carbons (Fsp3) is 0.462. The molecule has 110 valence electrons. The summed E-state index contributed by atoms with van der Waals surface area (Å²) < 4.78 is 50.9.